The van der Waals surface area contributed by atoms with Crippen molar-refractivity contribution in [3.63, 3.8) is 0 Å². The minimum absolute atomic E-state index is 0.125. The Morgan fingerprint density at radius 2 is 1.14 bits per heavy atom. The van der Waals surface area contributed by atoms with Crippen LogP contribution in [0.1, 0.15) is 20.3 Å². The van der Waals surface area contributed by atoms with Crippen molar-refractivity contribution in [1.82, 2.24) is 0 Å². The van der Waals surface area contributed by atoms with Crippen molar-refractivity contribution in [2.24, 2.45) is 0 Å². The Morgan fingerprint density at radius 1 is 0.676 bits per heavy atom. The first kappa shape index (κ1) is 27.1. The van der Waals surface area contributed by atoms with Gasteiger partial charge in [0.15, 0.2) is 0 Å². The Balaban J connectivity index is 0.000000405. The predicted molar refractivity (Wildman–Crippen MR) is 153 cm³/mol. The fourth-order valence-corrected chi connectivity index (χ4v) is 5.89. The zero-order valence-electron chi connectivity index (χ0n) is 21.1. The van der Waals surface area contributed by atoms with Crippen molar-refractivity contribution in [3.8, 4) is 0 Å². The van der Waals surface area contributed by atoms with Gasteiger partial charge in [-0.2, -0.15) is 0 Å². The molecule has 4 aromatic carbocycles. The normalized spacial score (nSPS) is 14.8. The summed E-state index contributed by atoms with van der Waals surface area (Å²) in [7, 11) is 0. The molecule has 0 bridgehead atoms. The van der Waals surface area contributed by atoms with Gasteiger partial charge in [0.25, 0.3) is 0 Å². The zero-order valence-corrected chi connectivity index (χ0v) is 23.4. The molecule has 1 aliphatic heterocycles. The third-order valence-corrected chi connectivity index (χ3v) is 7.27. The summed E-state index contributed by atoms with van der Waals surface area (Å²) in [6.07, 6.45) is -0.278. The van der Waals surface area contributed by atoms with E-state index in [4.69, 9.17) is 10.2 Å². The van der Waals surface area contributed by atoms with Gasteiger partial charge in [-0.3, -0.25) is 0 Å². The number of nitrogens with zero attached hydrogens (tertiary/aromatic N) is 2. The average molecular weight is 668 g/mol. The number of aliphatic hydroxyl groups excluding tert-OH is 2. The molecule has 0 radical (unpaired) electrons. The van der Waals surface area contributed by atoms with E-state index >= 15 is 0 Å². The summed E-state index contributed by atoms with van der Waals surface area (Å²) in [5.74, 6) is 0. The Kier molecular flexibility index (Phi) is 9.57. The maximum absolute atomic E-state index is 8.56. The third kappa shape index (κ3) is 6.70. The van der Waals surface area contributed by atoms with Crippen LogP contribution in [-0.2, 0) is 19.4 Å². The van der Waals surface area contributed by atoms with Crippen LogP contribution < -0.4 is 20.5 Å². The van der Waals surface area contributed by atoms with Crippen LogP contribution in [0.25, 0.3) is 0 Å². The van der Waals surface area contributed by atoms with Crippen LogP contribution in [-0.4, -0.2) is 40.0 Å². The summed E-state index contributed by atoms with van der Waals surface area (Å²) in [6.45, 7) is 3.58. The molecule has 2 N–H and O–H groups in total. The minimum atomic E-state index is -0.375. The molecule has 190 valence electrons. The average Bonchev–Trinajstić information content (AvgIpc) is 3.23. The summed E-state index contributed by atoms with van der Waals surface area (Å²) in [4.78, 5) is 4.87. The molecule has 1 saturated heterocycles. The van der Waals surface area contributed by atoms with E-state index in [1.54, 1.807) is 13.8 Å². The summed E-state index contributed by atoms with van der Waals surface area (Å²) in [6, 6.07) is 44.0. The van der Waals surface area contributed by atoms with Gasteiger partial charge in [0.2, 0.25) is 0 Å². The molecular formula is C30H31B2N2O2Pt-. The number of hydrogen-bond acceptors (Lipinski definition) is 4. The molecule has 1 heterocycles. The third-order valence-electron chi connectivity index (χ3n) is 6.17. The van der Waals surface area contributed by atoms with Crippen LogP contribution in [0, 0.1) is 6.07 Å². The van der Waals surface area contributed by atoms with E-state index in [0.717, 1.165) is 5.69 Å². The number of rotatable bonds is 6. The van der Waals surface area contributed by atoms with Gasteiger partial charge in [-0.25, -0.2) is 0 Å². The van der Waals surface area contributed by atoms with E-state index in [2.05, 4.69) is 138 Å². The van der Waals surface area contributed by atoms with Crippen molar-refractivity contribution in [2.75, 3.05) is 9.62 Å². The number of anilines is 2. The van der Waals surface area contributed by atoms with Crippen LogP contribution in [0.15, 0.2) is 115 Å². The molecule has 0 amide bonds. The Morgan fingerprint density at radius 3 is 1.57 bits per heavy atom. The van der Waals surface area contributed by atoms with E-state index < -0.39 is 0 Å². The van der Waals surface area contributed by atoms with Gasteiger partial charge in [0, 0.05) is 0 Å². The van der Waals surface area contributed by atoms with Crippen LogP contribution in [0.5, 0.6) is 0 Å². The fraction of sp³-hybridized carbons (Fsp3) is 0.167. The molecule has 1 fully saturated rings. The van der Waals surface area contributed by atoms with Crippen molar-refractivity contribution >= 4 is 39.9 Å². The second-order valence-electron chi connectivity index (χ2n) is 9.21. The van der Waals surface area contributed by atoms with Gasteiger partial charge in [-0.05, 0) is 20.3 Å². The molecular weight excluding hydrogens is 637 g/mol. The second-order valence-corrected chi connectivity index (χ2v) is 10.2. The fourth-order valence-electron chi connectivity index (χ4n) is 4.69. The van der Waals surface area contributed by atoms with Gasteiger partial charge >= 0.3 is 190 Å². The van der Waals surface area contributed by atoms with E-state index in [0.29, 0.717) is 6.42 Å². The van der Waals surface area contributed by atoms with Gasteiger partial charge in [0.1, 0.15) is 0 Å². The molecule has 1 aliphatic rings. The number of aliphatic hydroxyl groups is 2. The monoisotopic (exact) mass is 668 g/mol. The van der Waals surface area contributed by atoms with Crippen molar-refractivity contribution in [1.29, 1.82) is 0 Å². The van der Waals surface area contributed by atoms with E-state index in [1.165, 1.54) is 20.8 Å². The van der Waals surface area contributed by atoms with E-state index in [-0.39, 0.29) is 25.7 Å². The van der Waals surface area contributed by atoms with Crippen LogP contribution in [0.4, 0.5) is 11.4 Å². The molecule has 37 heavy (non-hydrogen) atoms. The maximum atomic E-state index is 8.56. The summed E-state index contributed by atoms with van der Waals surface area (Å²) >= 11 is 2.47. The van der Waals surface area contributed by atoms with Gasteiger partial charge in [-0.1, -0.05) is 0 Å². The summed E-state index contributed by atoms with van der Waals surface area (Å²) in [5.41, 5.74) is 4.85. The first-order valence-electron chi connectivity index (χ1n) is 12.5. The Labute approximate surface area is 232 Å². The molecule has 4 nitrogen and oxygen atoms in total. The molecule has 2 atom stereocenters. The van der Waals surface area contributed by atoms with Crippen molar-refractivity contribution in [2.45, 2.75) is 32.5 Å². The second kappa shape index (κ2) is 13.1. The summed E-state index contributed by atoms with van der Waals surface area (Å²) < 4.78 is 1.17. The van der Waals surface area contributed by atoms with Crippen molar-refractivity contribution in [3.05, 3.63) is 121 Å². The summed E-state index contributed by atoms with van der Waals surface area (Å²) in [5, 5.41) is 17.1. The standard InChI is InChI=1S/C25H19B2N2.C5H12O2.Pt/c1-5-13-22(14-6-1)26-27(23-15-7-2-8-16-23)29(25-19-11-4-12-20-25)21-28(26)24-17-9-3-10-18-24;1-4(6)3-5(2)7;/h1-19H;4-7H,3H2,1-2H3;/q-1;;. The topological polar surface area (TPSA) is 46.9 Å². The van der Waals surface area contributed by atoms with Crippen LogP contribution in [0.3, 0.4) is 0 Å². The van der Waals surface area contributed by atoms with E-state index in [1.807, 2.05) is 12.1 Å². The molecule has 5 rings (SSSR count). The molecule has 2 unspecified atom stereocenters. The first-order chi connectivity index (χ1) is 18.0. The molecule has 0 saturated carbocycles. The van der Waals surface area contributed by atoms with Crippen LogP contribution >= 0.6 is 0 Å². The molecule has 0 spiro atoms. The number of benzene rings is 4. The molecule has 0 aliphatic carbocycles. The van der Waals surface area contributed by atoms with Gasteiger partial charge in [-0.15, -0.1) is 0 Å². The molecule has 4 aromatic rings. The van der Waals surface area contributed by atoms with Gasteiger partial charge < -0.3 is 10.2 Å². The Bertz CT molecular complexity index is 1150. The number of hydrogen-bond donors (Lipinski definition) is 2. The zero-order chi connectivity index (χ0) is 26.2. The predicted octanol–water partition coefficient (Wildman–Crippen LogP) is 3.46. The quantitative estimate of drug-likeness (QED) is 0.245. The Hall–Kier alpha value is -2.91. The number of para-hydroxylation sites is 2. The molecule has 7 heteroatoms. The van der Waals surface area contributed by atoms with Crippen LogP contribution in [0.2, 0.25) is 0 Å². The molecule has 0 aromatic heterocycles. The van der Waals surface area contributed by atoms with Gasteiger partial charge in [0.05, 0.1) is 12.2 Å². The van der Waals surface area contributed by atoms with E-state index in [9.17, 15) is 0 Å². The first-order valence-corrected chi connectivity index (χ1v) is 13.7. The SMILES string of the molecule is CC(O)CC(C)O.[Pt]=[C]1N(c2[c-]cccc2)B(c2ccccc2)B(c2ccccc2)N1c1ccccc1. The van der Waals surface area contributed by atoms with Crippen molar-refractivity contribution < 1.29 is 29.6 Å².